The second-order valence-electron chi connectivity index (χ2n) is 7.40. The van der Waals surface area contributed by atoms with Gasteiger partial charge in [0.1, 0.15) is 11.4 Å². The Bertz CT molecular complexity index is 752. The van der Waals surface area contributed by atoms with Gasteiger partial charge in [0.15, 0.2) is 0 Å². The molecule has 27 heavy (non-hydrogen) atoms. The van der Waals surface area contributed by atoms with E-state index in [2.05, 4.69) is 17.2 Å². The van der Waals surface area contributed by atoms with Crippen LogP contribution < -0.4 is 10.6 Å². The van der Waals surface area contributed by atoms with Crippen LogP contribution in [0.3, 0.4) is 0 Å². The Kier molecular flexibility index (Phi) is 6.99. The topological polar surface area (TPSA) is 50.4 Å². The van der Waals surface area contributed by atoms with Gasteiger partial charge in [0.05, 0.1) is 6.04 Å². The van der Waals surface area contributed by atoms with E-state index in [1.54, 1.807) is 12.1 Å². The van der Waals surface area contributed by atoms with Crippen LogP contribution in [-0.2, 0) is 11.2 Å². The van der Waals surface area contributed by atoms with Crippen LogP contribution in [-0.4, -0.2) is 24.3 Å². The standard InChI is InChI=1S/C22H27FN2O2/c1-16(18-8-6-5-7-9-18)24-15-20(25-21(26)27-22(2,3)4)14-17-10-12-19(23)13-11-17/h5-13,20,24H,1,14-15H2,2-4H3,(H,25,26)/t20-/m0/s1. The van der Waals surface area contributed by atoms with Crippen molar-refractivity contribution in [1.29, 1.82) is 0 Å². The van der Waals surface area contributed by atoms with Crippen molar-refractivity contribution < 1.29 is 13.9 Å². The van der Waals surface area contributed by atoms with Crippen molar-refractivity contribution in [1.82, 2.24) is 10.6 Å². The van der Waals surface area contributed by atoms with E-state index in [-0.39, 0.29) is 11.9 Å². The fourth-order valence-corrected chi connectivity index (χ4v) is 2.54. The first-order valence-electron chi connectivity index (χ1n) is 8.95. The molecular weight excluding hydrogens is 343 g/mol. The maximum atomic E-state index is 13.1. The SMILES string of the molecule is C=C(NC[C@H](Cc1ccc(F)cc1)NC(=O)OC(C)(C)C)c1ccccc1. The summed E-state index contributed by atoms with van der Waals surface area (Å²) in [5.41, 5.74) is 2.09. The number of hydrogen-bond donors (Lipinski definition) is 2. The predicted octanol–water partition coefficient (Wildman–Crippen LogP) is 4.52. The summed E-state index contributed by atoms with van der Waals surface area (Å²) in [6, 6.07) is 15.8. The molecule has 0 heterocycles. The average Bonchev–Trinajstić information content (AvgIpc) is 2.60. The molecule has 0 saturated carbocycles. The number of ether oxygens (including phenoxy) is 1. The molecule has 0 fully saturated rings. The smallest absolute Gasteiger partial charge is 0.407 e. The second-order valence-corrected chi connectivity index (χ2v) is 7.40. The molecule has 0 aliphatic carbocycles. The van der Waals surface area contributed by atoms with Crippen molar-refractivity contribution in [3.63, 3.8) is 0 Å². The highest BCUT2D eigenvalue weighted by atomic mass is 19.1. The maximum Gasteiger partial charge on any atom is 0.407 e. The first kappa shape index (κ1) is 20.5. The lowest BCUT2D eigenvalue weighted by Gasteiger charge is -2.24. The van der Waals surface area contributed by atoms with Crippen LogP contribution in [0.15, 0.2) is 61.2 Å². The van der Waals surface area contributed by atoms with Crippen molar-refractivity contribution in [2.75, 3.05) is 6.54 Å². The molecule has 0 saturated heterocycles. The van der Waals surface area contributed by atoms with Gasteiger partial charge >= 0.3 is 6.09 Å². The maximum absolute atomic E-state index is 13.1. The number of rotatable bonds is 7. The van der Waals surface area contributed by atoms with E-state index in [0.29, 0.717) is 13.0 Å². The minimum atomic E-state index is -0.578. The van der Waals surface area contributed by atoms with Crippen LogP contribution in [0.5, 0.6) is 0 Å². The lowest BCUT2D eigenvalue weighted by Crippen LogP contribution is -2.45. The zero-order valence-corrected chi connectivity index (χ0v) is 16.1. The third-order valence-electron chi connectivity index (χ3n) is 3.80. The van der Waals surface area contributed by atoms with Gasteiger partial charge in [-0.3, -0.25) is 0 Å². The Labute approximate surface area is 160 Å². The number of benzene rings is 2. The Morgan fingerprint density at radius 3 is 2.33 bits per heavy atom. The molecule has 4 nitrogen and oxygen atoms in total. The van der Waals surface area contributed by atoms with Crippen LogP contribution in [0.2, 0.25) is 0 Å². The molecule has 2 N–H and O–H groups in total. The third kappa shape index (κ3) is 7.52. The lowest BCUT2D eigenvalue weighted by atomic mass is 10.1. The highest BCUT2D eigenvalue weighted by Gasteiger charge is 2.20. The van der Waals surface area contributed by atoms with Gasteiger partial charge in [-0.05, 0) is 50.5 Å². The molecule has 0 aliphatic rings. The second kappa shape index (κ2) is 9.21. The zero-order chi connectivity index (χ0) is 19.9. The normalized spacial score (nSPS) is 12.1. The molecular formula is C22H27FN2O2. The van der Waals surface area contributed by atoms with E-state index < -0.39 is 11.7 Å². The minimum Gasteiger partial charge on any atom is -0.444 e. The highest BCUT2D eigenvalue weighted by Crippen LogP contribution is 2.11. The first-order valence-corrected chi connectivity index (χ1v) is 8.95. The summed E-state index contributed by atoms with van der Waals surface area (Å²) in [5.74, 6) is -0.286. The van der Waals surface area contributed by atoms with E-state index in [1.807, 2.05) is 51.1 Å². The fraction of sp³-hybridized carbons (Fsp3) is 0.318. The van der Waals surface area contributed by atoms with Crippen LogP contribution in [0.4, 0.5) is 9.18 Å². The number of alkyl carbamates (subject to hydrolysis) is 1. The van der Waals surface area contributed by atoms with Gasteiger partial charge in [-0.2, -0.15) is 0 Å². The third-order valence-corrected chi connectivity index (χ3v) is 3.80. The molecule has 2 rings (SSSR count). The van der Waals surface area contributed by atoms with Crippen LogP contribution in [0.1, 0.15) is 31.9 Å². The molecule has 0 radical (unpaired) electrons. The Hall–Kier alpha value is -2.82. The van der Waals surface area contributed by atoms with E-state index in [1.165, 1.54) is 12.1 Å². The summed E-state index contributed by atoms with van der Waals surface area (Å²) >= 11 is 0. The molecule has 2 aromatic rings. The number of nitrogens with one attached hydrogen (secondary N) is 2. The number of halogens is 1. The Morgan fingerprint density at radius 2 is 1.74 bits per heavy atom. The molecule has 0 unspecified atom stereocenters. The van der Waals surface area contributed by atoms with Gasteiger partial charge in [0.2, 0.25) is 0 Å². The van der Waals surface area contributed by atoms with Gasteiger partial charge in [-0.1, -0.05) is 49.0 Å². The molecule has 5 heteroatoms. The zero-order valence-electron chi connectivity index (χ0n) is 16.1. The molecule has 0 bridgehead atoms. The Balaban J connectivity index is 2.02. The minimum absolute atomic E-state index is 0.245. The van der Waals surface area contributed by atoms with Gasteiger partial charge in [-0.15, -0.1) is 0 Å². The van der Waals surface area contributed by atoms with E-state index in [9.17, 15) is 9.18 Å². The van der Waals surface area contributed by atoms with Crippen molar-refractivity contribution in [3.05, 3.63) is 78.1 Å². The molecule has 0 spiro atoms. The van der Waals surface area contributed by atoms with Gasteiger partial charge in [0, 0.05) is 12.2 Å². The highest BCUT2D eigenvalue weighted by molar-refractivity contribution is 5.68. The largest absolute Gasteiger partial charge is 0.444 e. The Morgan fingerprint density at radius 1 is 1.11 bits per heavy atom. The molecule has 1 atom stereocenters. The number of carbonyl (C=O) groups is 1. The average molecular weight is 370 g/mol. The van der Waals surface area contributed by atoms with Crippen molar-refractivity contribution >= 4 is 11.8 Å². The molecule has 1 amide bonds. The lowest BCUT2D eigenvalue weighted by molar-refractivity contribution is 0.0504. The number of amides is 1. The van der Waals surface area contributed by atoms with Crippen LogP contribution >= 0.6 is 0 Å². The van der Waals surface area contributed by atoms with E-state index in [0.717, 1.165) is 16.8 Å². The van der Waals surface area contributed by atoms with Crippen LogP contribution in [0, 0.1) is 5.82 Å². The number of hydrogen-bond acceptors (Lipinski definition) is 3. The van der Waals surface area contributed by atoms with Crippen molar-refractivity contribution in [3.8, 4) is 0 Å². The van der Waals surface area contributed by atoms with E-state index >= 15 is 0 Å². The number of carbonyl (C=O) groups excluding carboxylic acids is 1. The molecule has 0 aromatic heterocycles. The molecule has 0 aliphatic heterocycles. The quantitative estimate of drug-likeness (QED) is 0.753. The van der Waals surface area contributed by atoms with Crippen molar-refractivity contribution in [2.24, 2.45) is 0 Å². The molecule has 2 aromatic carbocycles. The summed E-state index contributed by atoms with van der Waals surface area (Å²) < 4.78 is 18.5. The summed E-state index contributed by atoms with van der Waals surface area (Å²) in [4.78, 5) is 12.2. The van der Waals surface area contributed by atoms with Gasteiger partial charge in [0.25, 0.3) is 0 Å². The summed E-state index contributed by atoms with van der Waals surface area (Å²) in [6.07, 6.45) is 0.0518. The molecule has 144 valence electrons. The monoisotopic (exact) mass is 370 g/mol. The van der Waals surface area contributed by atoms with Gasteiger partial charge < -0.3 is 15.4 Å². The summed E-state index contributed by atoms with van der Waals surface area (Å²) in [6.45, 7) is 9.96. The first-order chi connectivity index (χ1) is 12.7. The predicted molar refractivity (Wildman–Crippen MR) is 107 cm³/mol. The summed E-state index contributed by atoms with van der Waals surface area (Å²) in [5, 5.41) is 6.14. The van der Waals surface area contributed by atoms with E-state index in [4.69, 9.17) is 4.74 Å². The van der Waals surface area contributed by atoms with Crippen molar-refractivity contribution in [2.45, 2.75) is 38.8 Å². The summed E-state index contributed by atoms with van der Waals surface area (Å²) in [7, 11) is 0. The van der Waals surface area contributed by atoms with Gasteiger partial charge in [-0.25, -0.2) is 9.18 Å². The fourth-order valence-electron chi connectivity index (χ4n) is 2.54. The van der Waals surface area contributed by atoms with Crippen LogP contribution in [0.25, 0.3) is 5.70 Å².